The number of benzene rings is 2. The van der Waals surface area contributed by atoms with Crippen LogP contribution in [0.15, 0.2) is 46.1 Å². The van der Waals surface area contributed by atoms with Gasteiger partial charge in [0.25, 0.3) is 15.9 Å². The van der Waals surface area contributed by atoms with Crippen molar-refractivity contribution in [3.8, 4) is 11.5 Å². The van der Waals surface area contributed by atoms with E-state index >= 15 is 0 Å². The normalized spacial score (nSPS) is 14.1. The Morgan fingerprint density at radius 2 is 1.85 bits per heavy atom. The molecule has 0 spiro atoms. The summed E-state index contributed by atoms with van der Waals surface area (Å²) < 4.78 is 83.1. The van der Waals surface area contributed by atoms with Crippen LogP contribution in [0.25, 0.3) is 0 Å². The molecule has 0 saturated carbocycles. The van der Waals surface area contributed by atoms with E-state index in [-0.39, 0.29) is 22.3 Å². The van der Waals surface area contributed by atoms with Gasteiger partial charge in [0.2, 0.25) is 4.34 Å². The first-order valence-corrected chi connectivity index (χ1v) is 12.2. The average molecular weight is 516 g/mol. The lowest BCUT2D eigenvalue weighted by Gasteiger charge is -2.28. The highest BCUT2D eigenvalue weighted by atomic mass is 32.2. The first kappa shape index (κ1) is 24.1. The van der Waals surface area contributed by atoms with E-state index in [0.29, 0.717) is 30.8 Å². The number of alkyl halides is 3. The number of hydrogen-bond acceptors (Lipinski definition) is 6. The van der Waals surface area contributed by atoms with Crippen molar-refractivity contribution in [2.24, 2.45) is 0 Å². The van der Waals surface area contributed by atoms with Crippen LogP contribution >= 0.6 is 11.3 Å². The van der Waals surface area contributed by atoms with Crippen molar-refractivity contribution in [1.82, 2.24) is 14.6 Å². The summed E-state index contributed by atoms with van der Waals surface area (Å²) in [4.78, 5) is 18.3. The molecule has 4 rings (SSSR count). The van der Waals surface area contributed by atoms with E-state index in [2.05, 4.69) is 9.71 Å². The number of thiazole rings is 1. The maximum atomic E-state index is 13.8. The molecule has 180 valence electrons. The molecule has 1 aromatic heterocycles. The predicted molar refractivity (Wildman–Crippen MR) is 115 cm³/mol. The number of halogens is 4. The molecule has 1 N–H and O–H groups in total. The molecule has 1 aliphatic rings. The number of sulfonamides is 1. The lowest BCUT2D eigenvalue weighted by molar-refractivity contribution is -0.140. The van der Waals surface area contributed by atoms with Gasteiger partial charge in [-0.1, -0.05) is 6.07 Å². The molecule has 0 atom stereocenters. The topological polar surface area (TPSA) is 88.6 Å². The summed E-state index contributed by atoms with van der Waals surface area (Å²) in [7, 11) is -2.48. The quantitative estimate of drug-likeness (QED) is 0.515. The average Bonchev–Trinajstić information content (AvgIpc) is 3.29. The highest BCUT2D eigenvalue weighted by molar-refractivity contribution is 7.91. The van der Waals surface area contributed by atoms with Crippen LogP contribution in [-0.4, -0.2) is 37.8 Å². The van der Waals surface area contributed by atoms with Gasteiger partial charge in [-0.05, 0) is 48.9 Å². The first-order chi connectivity index (χ1) is 16.0. The third-order valence-corrected chi connectivity index (χ3v) is 7.83. The van der Waals surface area contributed by atoms with Crippen LogP contribution in [0.2, 0.25) is 0 Å². The third-order valence-electron chi connectivity index (χ3n) is 5.16. The molecule has 13 heteroatoms. The monoisotopic (exact) mass is 515 g/mol. The van der Waals surface area contributed by atoms with Crippen LogP contribution < -0.4 is 9.46 Å². The van der Waals surface area contributed by atoms with Gasteiger partial charge in [0, 0.05) is 24.5 Å². The first-order valence-electron chi connectivity index (χ1n) is 9.82. The molecular weight excluding hydrogens is 498 g/mol. The molecule has 0 bridgehead atoms. The molecule has 0 fully saturated rings. The van der Waals surface area contributed by atoms with Gasteiger partial charge in [-0.3, -0.25) is 4.79 Å². The van der Waals surface area contributed by atoms with Gasteiger partial charge < -0.3 is 9.64 Å². The second-order valence-corrected chi connectivity index (χ2v) is 10.3. The maximum absolute atomic E-state index is 13.8. The van der Waals surface area contributed by atoms with E-state index in [1.165, 1.54) is 12.4 Å². The SMILES string of the molecule is CNS(=O)(=O)c1nc(C(=O)N2CCc3cc(Oc4ccc(C(F)(F)F)c(F)c4)ccc3C2)cs1. The van der Waals surface area contributed by atoms with Gasteiger partial charge in [-0.25, -0.2) is 22.5 Å². The number of rotatable bonds is 5. The number of ether oxygens (including phenoxy) is 1. The lowest BCUT2D eigenvalue weighted by Crippen LogP contribution is -2.36. The molecule has 7 nitrogen and oxygen atoms in total. The molecule has 3 aromatic rings. The molecular formula is C21H17F4N3O4S2. The second-order valence-electron chi connectivity index (χ2n) is 7.35. The zero-order chi connectivity index (χ0) is 24.7. The van der Waals surface area contributed by atoms with E-state index in [0.717, 1.165) is 28.5 Å². The largest absolute Gasteiger partial charge is 0.457 e. The third kappa shape index (κ3) is 4.91. The fourth-order valence-electron chi connectivity index (χ4n) is 3.42. The zero-order valence-corrected chi connectivity index (χ0v) is 19.2. The highest BCUT2D eigenvalue weighted by Gasteiger charge is 2.34. The Morgan fingerprint density at radius 1 is 1.15 bits per heavy atom. The number of carbonyl (C=O) groups is 1. The van der Waals surface area contributed by atoms with Gasteiger partial charge in [0.1, 0.15) is 23.0 Å². The summed E-state index contributed by atoms with van der Waals surface area (Å²) in [5.74, 6) is -1.59. The molecule has 0 aliphatic carbocycles. The highest BCUT2D eigenvalue weighted by Crippen LogP contribution is 2.34. The fourth-order valence-corrected chi connectivity index (χ4v) is 5.23. The van der Waals surface area contributed by atoms with E-state index < -0.39 is 33.5 Å². The van der Waals surface area contributed by atoms with Crippen LogP contribution in [-0.2, 0) is 29.2 Å². The maximum Gasteiger partial charge on any atom is 0.419 e. The minimum absolute atomic E-state index is 0.0339. The Hall–Kier alpha value is -3.03. The van der Waals surface area contributed by atoms with Crippen LogP contribution in [0.3, 0.4) is 0 Å². The van der Waals surface area contributed by atoms with Crippen LogP contribution in [0.1, 0.15) is 27.2 Å². The smallest absolute Gasteiger partial charge is 0.419 e. The van der Waals surface area contributed by atoms with E-state index in [1.54, 1.807) is 23.1 Å². The van der Waals surface area contributed by atoms with Crippen LogP contribution in [0.4, 0.5) is 17.6 Å². The number of fused-ring (bicyclic) bond motifs is 1. The van der Waals surface area contributed by atoms with Gasteiger partial charge in [0.15, 0.2) is 0 Å². The number of amides is 1. The van der Waals surface area contributed by atoms with Gasteiger partial charge >= 0.3 is 6.18 Å². The Labute approximate surface area is 196 Å². The zero-order valence-electron chi connectivity index (χ0n) is 17.5. The van der Waals surface area contributed by atoms with E-state index in [1.807, 2.05) is 0 Å². The minimum atomic E-state index is -4.79. The molecule has 34 heavy (non-hydrogen) atoms. The molecule has 0 radical (unpaired) electrons. The molecule has 0 unspecified atom stereocenters. The van der Waals surface area contributed by atoms with Gasteiger partial charge in [0.05, 0.1) is 5.56 Å². The number of aromatic nitrogens is 1. The van der Waals surface area contributed by atoms with Crippen molar-refractivity contribution in [2.75, 3.05) is 13.6 Å². The summed E-state index contributed by atoms with van der Waals surface area (Å²) in [6, 6.07) is 7.32. The molecule has 1 aliphatic heterocycles. The van der Waals surface area contributed by atoms with Crippen LogP contribution in [0.5, 0.6) is 11.5 Å². The summed E-state index contributed by atoms with van der Waals surface area (Å²) in [6.07, 6.45) is -4.33. The predicted octanol–water partition coefficient (Wildman–Crippen LogP) is 4.20. The van der Waals surface area contributed by atoms with Crippen molar-refractivity contribution in [3.63, 3.8) is 0 Å². The molecule has 1 amide bonds. The van der Waals surface area contributed by atoms with Crippen molar-refractivity contribution in [1.29, 1.82) is 0 Å². The molecule has 2 aromatic carbocycles. The van der Waals surface area contributed by atoms with Crippen molar-refractivity contribution in [2.45, 2.75) is 23.5 Å². The molecule has 2 heterocycles. The van der Waals surface area contributed by atoms with Crippen LogP contribution in [0, 0.1) is 5.82 Å². The standard InChI is InChI=1S/C21H17F4N3O4S2/c1-26-34(30,31)20-27-18(11-33-20)19(29)28-7-6-12-8-14(3-2-13(12)10-28)32-15-4-5-16(17(22)9-15)21(23,24)25/h2-5,8-9,11,26H,6-7,10H2,1H3. The summed E-state index contributed by atoms with van der Waals surface area (Å²) in [6.45, 7) is 0.602. The number of nitrogens with one attached hydrogen (secondary N) is 1. The molecule has 0 saturated heterocycles. The summed E-state index contributed by atoms with van der Waals surface area (Å²) in [5, 5.41) is 1.39. The Bertz CT molecular complexity index is 1360. The number of hydrogen-bond donors (Lipinski definition) is 1. The van der Waals surface area contributed by atoms with Gasteiger partial charge in [-0.2, -0.15) is 13.2 Å². The lowest BCUT2D eigenvalue weighted by atomic mass is 9.99. The Kier molecular flexibility index (Phi) is 6.36. The van der Waals surface area contributed by atoms with E-state index in [9.17, 15) is 30.8 Å². The van der Waals surface area contributed by atoms with Crippen molar-refractivity contribution < 1.29 is 35.5 Å². The second kappa shape index (κ2) is 8.96. The Morgan fingerprint density at radius 3 is 2.53 bits per heavy atom. The minimum Gasteiger partial charge on any atom is -0.457 e. The number of nitrogens with zero attached hydrogens (tertiary/aromatic N) is 2. The number of carbonyl (C=O) groups excluding carboxylic acids is 1. The summed E-state index contributed by atoms with van der Waals surface area (Å²) in [5.41, 5.74) is 0.354. The fraction of sp³-hybridized carbons (Fsp3) is 0.238. The van der Waals surface area contributed by atoms with Gasteiger partial charge in [-0.15, -0.1) is 11.3 Å². The van der Waals surface area contributed by atoms with Crippen molar-refractivity contribution in [3.05, 3.63) is 70.0 Å². The van der Waals surface area contributed by atoms with Crippen molar-refractivity contribution >= 4 is 27.3 Å². The Balaban J connectivity index is 1.47. The van der Waals surface area contributed by atoms with E-state index in [4.69, 9.17) is 4.74 Å². The summed E-state index contributed by atoms with van der Waals surface area (Å²) >= 11 is 0.850.